The maximum Gasteiger partial charge on any atom is 0.335 e. The summed E-state index contributed by atoms with van der Waals surface area (Å²) in [5.41, 5.74) is 0.602. The molecule has 108 valence electrons. The highest BCUT2D eigenvalue weighted by Gasteiger charge is 2.13. The first kappa shape index (κ1) is 14.6. The smallest absolute Gasteiger partial charge is 0.335 e. The molecule has 0 unspecified atom stereocenters. The van der Waals surface area contributed by atoms with Crippen LogP contribution in [0.15, 0.2) is 48.5 Å². The SMILES string of the molecule is O=C(O)c1ccc(C(=O)O)c(CCOc2ccccc2)c1. The van der Waals surface area contributed by atoms with Gasteiger partial charge in [-0.15, -0.1) is 0 Å². The van der Waals surface area contributed by atoms with Gasteiger partial charge in [0.05, 0.1) is 17.7 Å². The molecule has 2 rings (SSSR count). The van der Waals surface area contributed by atoms with Crippen LogP contribution in [0, 0.1) is 0 Å². The molecule has 0 aromatic heterocycles. The Balaban J connectivity index is 2.12. The Kier molecular flexibility index (Phi) is 4.56. The minimum absolute atomic E-state index is 0.0645. The van der Waals surface area contributed by atoms with Crippen LogP contribution in [-0.2, 0) is 6.42 Å². The fourth-order valence-corrected chi connectivity index (χ4v) is 1.94. The summed E-state index contributed by atoms with van der Waals surface area (Å²) in [6.07, 6.45) is 0.317. The Bertz CT molecular complexity index is 649. The first-order valence-corrected chi connectivity index (χ1v) is 6.35. The van der Waals surface area contributed by atoms with Gasteiger partial charge in [0.1, 0.15) is 5.75 Å². The molecular weight excluding hydrogens is 272 g/mol. The topological polar surface area (TPSA) is 83.8 Å². The summed E-state index contributed by atoms with van der Waals surface area (Å²) in [6, 6.07) is 13.1. The Morgan fingerprint density at radius 3 is 2.29 bits per heavy atom. The highest BCUT2D eigenvalue weighted by molar-refractivity contribution is 5.93. The molecule has 0 saturated carbocycles. The van der Waals surface area contributed by atoms with E-state index in [0.717, 1.165) is 0 Å². The molecule has 5 heteroatoms. The van der Waals surface area contributed by atoms with Gasteiger partial charge < -0.3 is 14.9 Å². The zero-order valence-electron chi connectivity index (χ0n) is 11.2. The number of para-hydroxylation sites is 1. The molecular formula is C16H14O5. The van der Waals surface area contributed by atoms with E-state index in [2.05, 4.69) is 0 Å². The maximum atomic E-state index is 11.1. The molecule has 0 aliphatic rings. The fourth-order valence-electron chi connectivity index (χ4n) is 1.94. The lowest BCUT2D eigenvalue weighted by Crippen LogP contribution is -2.09. The zero-order chi connectivity index (χ0) is 15.2. The van der Waals surface area contributed by atoms with Crippen LogP contribution in [-0.4, -0.2) is 28.8 Å². The van der Waals surface area contributed by atoms with Gasteiger partial charge in [-0.3, -0.25) is 0 Å². The van der Waals surface area contributed by atoms with E-state index in [1.54, 1.807) is 12.1 Å². The van der Waals surface area contributed by atoms with Gasteiger partial charge >= 0.3 is 11.9 Å². The van der Waals surface area contributed by atoms with Crippen molar-refractivity contribution in [2.75, 3.05) is 6.61 Å². The molecule has 0 aliphatic carbocycles. The van der Waals surface area contributed by atoms with Gasteiger partial charge in [-0.2, -0.15) is 0 Å². The number of aromatic carboxylic acids is 2. The van der Waals surface area contributed by atoms with E-state index < -0.39 is 11.9 Å². The summed E-state index contributed by atoms with van der Waals surface area (Å²) in [4.78, 5) is 22.1. The van der Waals surface area contributed by atoms with Crippen molar-refractivity contribution in [2.24, 2.45) is 0 Å². The van der Waals surface area contributed by atoms with Gasteiger partial charge in [-0.25, -0.2) is 9.59 Å². The molecule has 0 fully saturated rings. The van der Waals surface area contributed by atoms with E-state index in [1.165, 1.54) is 18.2 Å². The Morgan fingerprint density at radius 2 is 1.67 bits per heavy atom. The van der Waals surface area contributed by atoms with E-state index in [-0.39, 0.29) is 17.7 Å². The third-order valence-corrected chi connectivity index (χ3v) is 2.97. The minimum atomic E-state index is -1.09. The number of carboxylic acids is 2. The minimum Gasteiger partial charge on any atom is -0.493 e. The molecule has 2 aromatic rings. The van der Waals surface area contributed by atoms with Crippen molar-refractivity contribution in [1.29, 1.82) is 0 Å². The highest BCUT2D eigenvalue weighted by Crippen LogP contribution is 2.15. The van der Waals surface area contributed by atoms with Crippen molar-refractivity contribution in [1.82, 2.24) is 0 Å². The van der Waals surface area contributed by atoms with Crippen LogP contribution in [0.5, 0.6) is 5.75 Å². The van der Waals surface area contributed by atoms with Gasteiger partial charge in [0.15, 0.2) is 0 Å². The van der Waals surface area contributed by atoms with Crippen molar-refractivity contribution in [3.05, 3.63) is 65.2 Å². The van der Waals surface area contributed by atoms with Gasteiger partial charge in [-0.1, -0.05) is 18.2 Å². The van der Waals surface area contributed by atoms with E-state index in [9.17, 15) is 9.59 Å². The third-order valence-electron chi connectivity index (χ3n) is 2.97. The van der Waals surface area contributed by atoms with Crippen LogP contribution >= 0.6 is 0 Å². The summed E-state index contributed by atoms with van der Waals surface area (Å²) in [5, 5.41) is 18.1. The van der Waals surface area contributed by atoms with Crippen molar-refractivity contribution < 1.29 is 24.5 Å². The molecule has 21 heavy (non-hydrogen) atoms. The average molecular weight is 286 g/mol. The summed E-state index contributed by atoms with van der Waals surface area (Å²) in [7, 11) is 0. The predicted octanol–water partition coefficient (Wildman–Crippen LogP) is 2.70. The first-order valence-electron chi connectivity index (χ1n) is 6.35. The van der Waals surface area contributed by atoms with Crippen LogP contribution in [0.4, 0.5) is 0 Å². The lowest BCUT2D eigenvalue weighted by Gasteiger charge is -2.09. The van der Waals surface area contributed by atoms with E-state index >= 15 is 0 Å². The van der Waals surface area contributed by atoms with Crippen LogP contribution < -0.4 is 4.74 Å². The molecule has 0 amide bonds. The quantitative estimate of drug-likeness (QED) is 0.853. The number of hydrogen-bond acceptors (Lipinski definition) is 3. The van der Waals surface area contributed by atoms with Crippen LogP contribution in [0.25, 0.3) is 0 Å². The molecule has 0 radical (unpaired) electrons. The molecule has 0 heterocycles. The molecule has 2 aromatic carbocycles. The standard InChI is InChI=1S/C16H14O5/c17-15(18)12-6-7-14(16(19)20)11(10-12)8-9-21-13-4-2-1-3-5-13/h1-7,10H,8-9H2,(H,17,18)(H,19,20). The van der Waals surface area contributed by atoms with E-state index in [0.29, 0.717) is 17.7 Å². The second kappa shape index (κ2) is 6.56. The number of carbonyl (C=O) groups is 2. The molecule has 5 nitrogen and oxygen atoms in total. The second-order valence-corrected chi connectivity index (χ2v) is 4.39. The van der Waals surface area contributed by atoms with Gasteiger partial charge in [0, 0.05) is 6.42 Å². The van der Waals surface area contributed by atoms with Crippen molar-refractivity contribution in [2.45, 2.75) is 6.42 Å². The second-order valence-electron chi connectivity index (χ2n) is 4.39. The highest BCUT2D eigenvalue weighted by atomic mass is 16.5. The third kappa shape index (κ3) is 3.82. The summed E-state index contributed by atoms with van der Waals surface area (Å²) < 4.78 is 5.50. The fraction of sp³-hybridized carbons (Fsp3) is 0.125. The summed E-state index contributed by atoms with van der Waals surface area (Å²) in [5.74, 6) is -1.48. The molecule has 0 aliphatic heterocycles. The Labute approximate surface area is 121 Å². The predicted molar refractivity (Wildman–Crippen MR) is 76.0 cm³/mol. The van der Waals surface area contributed by atoms with E-state index in [1.807, 2.05) is 18.2 Å². The number of benzene rings is 2. The number of rotatable bonds is 6. The van der Waals surface area contributed by atoms with Crippen LogP contribution in [0.3, 0.4) is 0 Å². The number of ether oxygens (including phenoxy) is 1. The summed E-state index contributed by atoms with van der Waals surface area (Å²) in [6.45, 7) is 0.271. The van der Waals surface area contributed by atoms with Gasteiger partial charge in [0.2, 0.25) is 0 Å². The number of hydrogen-bond donors (Lipinski definition) is 2. The van der Waals surface area contributed by atoms with Crippen LogP contribution in [0.1, 0.15) is 26.3 Å². The van der Waals surface area contributed by atoms with Gasteiger partial charge in [0.25, 0.3) is 0 Å². The summed E-state index contributed by atoms with van der Waals surface area (Å²) >= 11 is 0. The zero-order valence-corrected chi connectivity index (χ0v) is 11.2. The number of carboxylic acid groups (broad SMARTS) is 2. The molecule has 2 N–H and O–H groups in total. The Morgan fingerprint density at radius 1 is 0.952 bits per heavy atom. The normalized spacial score (nSPS) is 10.1. The average Bonchev–Trinajstić information content (AvgIpc) is 2.48. The van der Waals surface area contributed by atoms with Crippen LogP contribution in [0.2, 0.25) is 0 Å². The lowest BCUT2D eigenvalue weighted by molar-refractivity contribution is 0.0680. The molecule has 0 bridgehead atoms. The molecule has 0 atom stereocenters. The van der Waals surface area contributed by atoms with Crippen molar-refractivity contribution in [3.8, 4) is 5.75 Å². The molecule has 0 saturated heterocycles. The van der Waals surface area contributed by atoms with Crippen molar-refractivity contribution in [3.63, 3.8) is 0 Å². The first-order chi connectivity index (χ1) is 10.1. The lowest BCUT2D eigenvalue weighted by atomic mass is 10.0. The van der Waals surface area contributed by atoms with E-state index in [4.69, 9.17) is 14.9 Å². The maximum absolute atomic E-state index is 11.1. The van der Waals surface area contributed by atoms with Crippen molar-refractivity contribution >= 4 is 11.9 Å². The molecule has 0 spiro atoms. The van der Waals surface area contributed by atoms with Gasteiger partial charge in [-0.05, 0) is 35.9 Å². The largest absolute Gasteiger partial charge is 0.493 e. The monoisotopic (exact) mass is 286 g/mol. The Hall–Kier alpha value is -2.82.